The van der Waals surface area contributed by atoms with Crippen LogP contribution in [-0.2, 0) is 0 Å². The molecule has 96 valence electrons. The average molecular weight is 246 g/mol. The third-order valence-electron chi connectivity index (χ3n) is 3.24. The molecule has 4 nitrogen and oxygen atoms in total. The van der Waals surface area contributed by atoms with Crippen LogP contribution in [0.2, 0.25) is 0 Å². The summed E-state index contributed by atoms with van der Waals surface area (Å²) in [7, 11) is 0. The molecule has 1 aliphatic carbocycles. The van der Waals surface area contributed by atoms with Crippen molar-refractivity contribution < 1.29 is 9.90 Å². The Morgan fingerprint density at radius 2 is 2.11 bits per heavy atom. The summed E-state index contributed by atoms with van der Waals surface area (Å²) >= 11 is 0. The van der Waals surface area contributed by atoms with Crippen LogP contribution in [0.25, 0.3) is 0 Å². The maximum atomic E-state index is 10.8. The van der Waals surface area contributed by atoms with Gasteiger partial charge in [0, 0.05) is 6.21 Å². The fourth-order valence-electron chi connectivity index (χ4n) is 2.22. The molecule has 1 aromatic rings. The Labute approximate surface area is 107 Å². The van der Waals surface area contributed by atoms with Gasteiger partial charge in [0.1, 0.15) is 0 Å². The van der Waals surface area contributed by atoms with Crippen molar-refractivity contribution in [3.63, 3.8) is 0 Å². The number of carboxylic acid groups (broad SMARTS) is 1. The van der Waals surface area contributed by atoms with Crippen molar-refractivity contribution in [3.8, 4) is 0 Å². The molecular formula is C14H18N2O2. The number of hydrogen-bond donors (Lipinski definition) is 2. The van der Waals surface area contributed by atoms with Crippen LogP contribution in [0.5, 0.6) is 0 Å². The van der Waals surface area contributed by atoms with E-state index in [9.17, 15) is 4.79 Å². The largest absolute Gasteiger partial charge is 0.478 e. The van der Waals surface area contributed by atoms with E-state index >= 15 is 0 Å². The van der Waals surface area contributed by atoms with Crippen molar-refractivity contribution in [2.45, 2.75) is 32.1 Å². The van der Waals surface area contributed by atoms with Crippen LogP contribution in [0.3, 0.4) is 0 Å². The number of rotatable bonds is 4. The molecule has 0 aromatic heterocycles. The van der Waals surface area contributed by atoms with Crippen LogP contribution in [0.4, 0.5) is 5.69 Å². The highest BCUT2D eigenvalue weighted by atomic mass is 16.4. The van der Waals surface area contributed by atoms with Crippen LogP contribution in [0.1, 0.15) is 42.5 Å². The Kier molecular flexibility index (Phi) is 4.34. The minimum atomic E-state index is -0.921. The Morgan fingerprint density at radius 1 is 1.33 bits per heavy atom. The minimum Gasteiger partial charge on any atom is -0.478 e. The van der Waals surface area contributed by atoms with E-state index < -0.39 is 5.97 Å². The molecule has 18 heavy (non-hydrogen) atoms. The Hall–Kier alpha value is -1.84. The van der Waals surface area contributed by atoms with Gasteiger partial charge < -0.3 is 5.11 Å². The van der Waals surface area contributed by atoms with Crippen LogP contribution >= 0.6 is 0 Å². The molecule has 1 aromatic carbocycles. The van der Waals surface area contributed by atoms with Gasteiger partial charge in [0.2, 0.25) is 0 Å². The van der Waals surface area contributed by atoms with Crippen molar-refractivity contribution >= 4 is 17.9 Å². The molecule has 2 N–H and O–H groups in total. The first-order valence-corrected chi connectivity index (χ1v) is 6.38. The van der Waals surface area contributed by atoms with Gasteiger partial charge in [-0.2, -0.15) is 5.10 Å². The van der Waals surface area contributed by atoms with Gasteiger partial charge in [-0.15, -0.1) is 0 Å². The summed E-state index contributed by atoms with van der Waals surface area (Å²) in [5, 5.41) is 13.1. The monoisotopic (exact) mass is 246 g/mol. The molecule has 4 heteroatoms. The second-order valence-corrected chi connectivity index (χ2v) is 4.67. The molecule has 2 rings (SSSR count). The van der Waals surface area contributed by atoms with Crippen molar-refractivity contribution in [3.05, 3.63) is 29.8 Å². The van der Waals surface area contributed by atoms with Crippen LogP contribution < -0.4 is 5.43 Å². The number of hydrazone groups is 1. The normalized spacial score (nSPS) is 16.9. The number of aromatic carboxylic acids is 1. The molecular weight excluding hydrogens is 228 g/mol. The highest BCUT2D eigenvalue weighted by molar-refractivity contribution is 5.88. The Balaban J connectivity index is 1.90. The molecule has 0 radical (unpaired) electrons. The topological polar surface area (TPSA) is 61.7 Å². The van der Waals surface area contributed by atoms with Gasteiger partial charge in [-0.1, -0.05) is 25.3 Å². The van der Waals surface area contributed by atoms with Gasteiger partial charge in [0.05, 0.1) is 11.3 Å². The average Bonchev–Trinajstić information content (AvgIpc) is 2.40. The van der Waals surface area contributed by atoms with E-state index in [-0.39, 0.29) is 5.56 Å². The summed E-state index contributed by atoms with van der Waals surface area (Å²) in [6.07, 6.45) is 8.27. The van der Waals surface area contributed by atoms with Crippen molar-refractivity contribution in [2.24, 2.45) is 11.0 Å². The molecule has 0 heterocycles. The van der Waals surface area contributed by atoms with Crippen LogP contribution in [0, 0.1) is 5.92 Å². The van der Waals surface area contributed by atoms with Crippen molar-refractivity contribution in [1.82, 2.24) is 0 Å². The number of hydrogen-bond acceptors (Lipinski definition) is 3. The minimum absolute atomic E-state index is 0.271. The zero-order chi connectivity index (χ0) is 12.8. The number of benzene rings is 1. The van der Waals surface area contributed by atoms with Gasteiger partial charge in [0.25, 0.3) is 0 Å². The van der Waals surface area contributed by atoms with E-state index in [4.69, 9.17) is 5.11 Å². The summed E-state index contributed by atoms with van der Waals surface area (Å²) in [5.41, 5.74) is 3.87. The number of anilines is 1. The lowest BCUT2D eigenvalue weighted by Crippen LogP contribution is -2.08. The number of nitrogens with one attached hydrogen (secondary N) is 1. The molecule has 0 atom stereocenters. The fraction of sp³-hybridized carbons (Fsp3) is 0.429. The Bertz CT molecular complexity index is 437. The second-order valence-electron chi connectivity index (χ2n) is 4.67. The Morgan fingerprint density at radius 3 is 2.83 bits per heavy atom. The van der Waals surface area contributed by atoms with E-state index in [1.54, 1.807) is 18.2 Å². The number of nitrogens with zero attached hydrogens (tertiary/aromatic N) is 1. The molecule has 0 spiro atoms. The van der Waals surface area contributed by atoms with E-state index in [0.29, 0.717) is 11.6 Å². The third-order valence-corrected chi connectivity index (χ3v) is 3.24. The predicted octanol–water partition coefficient (Wildman–Crippen LogP) is 3.36. The summed E-state index contributed by atoms with van der Waals surface area (Å²) in [5.74, 6) is -0.358. The first kappa shape index (κ1) is 12.6. The lowest BCUT2D eigenvalue weighted by molar-refractivity contribution is 0.0697. The molecule has 0 aliphatic heterocycles. The number of carboxylic acids is 1. The first-order chi connectivity index (χ1) is 8.75. The second kappa shape index (κ2) is 6.19. The molecule has 0 amide bonds. The van der Waals surface area contributed by atoms with Gasteiger partial charge in [0.15, 0.2) is 0 Å². The highest BCUT2D eigenvalue weighted by Crippen LogP contribution is 2.22. The molecule has 1 saturated carbocycles. The summed E-state index contributed by atoms with van der Waals surface area (Å²) in [4.78, 5) is 10.8. The smallest absolute Gasteiger partial charge is 0.335 e. The fourth-order valence-corrected chi connectivity index (χ4v) is 2.22. The molecule has 0 unspecified atom stereocenters. The molecule has 0 saturated heterocycles. The maximum Gasteiger partial charge on any atom is 0.335 e. The quantitative estimate of drug-likeness (QED) is 0.632. The lowest BCUT2D eigenvalue weighted by Gasteiger charge is -2.16. The maximum absolute atomic E-state index is 10.8. The third kappa shape index (κ3) is 3.58. The summed E-state index contributed by atoms with van der Waals surface area (Å²) < 4.78 is 0. The van der Waals surface area contributed by atoms with Gasteiger partial charge >= 0.3 is 5.97 Å². The lowest BCUT2D eigenvalue weighted by atomic mass is 9.90. The van der Waals surface area contributed by atoms with Gasteiger partial charge in [-0.05, 0) is 37.0 Å². The van der Waals surface area contributed by atoms with E-state index in [1.807, 2.05) is 12.3 Å². The molecule has 1 aliphatic rings. The summed E-state index contributed by atoms with van der Waals surface area (Å²) in [6.45, 7) is 0. The van der Waals surface area contributed by atoms with Gasteiger partial charge in [-0.3, -0.25) is 5.43 Å². The standard InChI is InChI=1S/C14H18N2O2/c17-14(18)12-7-4-8-13(9-12)16-15-10-11-5-2-1-3-6-11/h4,7-11,16H,1-3,5-6H2,(H,17,18)/b15-10+. The molecule has 0 bridgehead atoms. The number of carbonyl (C=O) groups is 1. The molecule has 1 fully saturated rings. The van der Waals surface area contributed by atoms with E-state index in [1.165, 1.54) is 32.1 Å². The zero-order valence-electron chi connectivity index (χ0n) is 10.3. The van der Waals surface area contributed by atoms with Crippen LogP contribution in [0.15, 0.2) is 29.4 Å². The van der Waals surface area contributed by atoms with E-state index in [0.717, 1.165) is 0 Å². The van der Waals surface area contributed by atoms with Gasteiger partial charge in [-0.25, -0.2) is 4.79 Å². The first-order valence-electron chi connectivity index (χ1n) is 6.38. The zero-order valence-corrected chi connectivity index (χ0v) is 10.3. The highest BCUT2D eigenvalue weighted by Gasteiger charge is 2.10. The van der Waals surface area contributed by atoms with Crippen molar-refractivity contribution in [1.29, 1.82) is 0 Å². The van der Waals surface area contributed by atoms with Crippen molar-refractivity contribution in [2.75, 3.05) is 5.43 Å². The SMILES string of the molecule is O=C(O)c1cccc(N/N=C/C2CCCCC2)c1. The predicted molar refractivity (Wildman–Crippen MR) is 72.1 cm³/mol. The van der Waals surface area contributed by atoms with Crippen LogP contribution in [-0.4, -0.2) is 17.3 Å². The summed E-state index contributed by atoms with van der Waals surface area (Å²) in [6, 6.07) is 6.67. The van der Waals surface area contributed by atoms with E-state index in [2.05, 4.69) is 10.5 Å².